The Morgan fingerprint density at radius 2 is 2.00 bits per heavy atom. The molecule has 3 rings (SSSR count). The van der Waals surface area contributed by atoms with Crippen molar-refractivity contribution in [1.82, 2.24) is 19.9 Å². The van der Waals surface area contributed by atoms with E-state index in [0.717, 1.165) is 11.8 Å². The summed E-state index contributed by atoms with van der Waals surface area (Å²) in [6.07, 6.45) is 1.92. The fraction of sp³-hybridized carbons (Fsp3) is 0.778. The summed E-state index contributed by atoms with van der Waals surface area (Å²) in [6, 6.07) is 0. The van der Waals surface area contributed by atoms with E-state index in [1.807, 2.05) is 13.2 Å². The van der Waals surface area contributed by atoms with Crippen LogP contribution in [-0.4, -0.2) is 40.0 Å². The standard InChI is InChI=1S/C9H14N4/c1-12-4-6-7(5-12)9(6)8-3-10-13(2)11-8/h3,6-7,9H,4-5H2,1-2H3. The molecule has 2 heterocycles. The molecule has 1 aromatic heterocycles. The van der Waals surface area contributed by atoms with Crippen molar-refractivity contribution in [1.29, 1.82) is 0 Å². The van der Waals surface area contributed by atoms with E-state index >= 15 is 0 Å². The summed E-state index contributed by atoms with van der Waals surface area (Å²) in [5.41, 5.74) is 1.20. The predicted octanol–water partition coefficient (Wildman–Crippen LogP) is 0.0901. The highest BCUT2D eigenvalue weighted by molar-refractivity contribution is 5.21. The normalized spacial score (nSPS) is 37.8. The highest BCUT2D eigenvalue weighted by Crippen LogP contribution is 2.57. The molecule has 0 bridgehead atoms. The average molecular weight is 178 g/mol. The SMILES string of the molecule is CN1CC2C(C1)C2c1cnn(C)n1. The Morgan fingerprint density at radius 3 is 2.54 bits per heavy atom. The van der Waals surface area contributed by atoms with Crippen LogP contribution in [0, 0.1) is 11.8 Å². The monoisotopic (exact) mass is 178 g/mol. The molecule has 0 N–H and O–H groups in total. The molecule has 13 heavy (non-hydrogen) atoms. The lowest BCUT2D eigenvalue weighted by molar-refractivity contribution is 0.361. The number of hydrogen-bond acceptors (Lipinski definition) is 3. The fourth-order valence-corrected chi connectivity index (χ4v) is 2.69. The van der Waals surface area contributed by atoms with Gasteiger partial charge in [-0.25, -0.2) is 0 Å². The van der Waals surface area contributed by atoms with Crippen LogP contribution in [0.25, 0.3) is 0 Å². The van der Waals surface area contributed by atoms with Crippen LogP contribution in [0.2, 0.25) is 0 Å². The van der Waals surface area contributed by atoms with Gasteiger partial charge in [0.15, 0.2) is 0 Å². The van der Waals surface area contributed by atoms with Crippen LogP contribution < -0.4 is 0 Å². The third-order valence-electron chi connectivity index (χ3n) is 3.34. The molecule has 2 fully saturated rings. The van der Waals surface area contributed by atoms with Crippen LogP contribution in [0.4, 0.5) is 0 Å². The topological polar surface area (TPSA) is 34.0 Å². The van der Waals surface area contributed by atoms with Crippen molar-refractivity contribution in [2.75, 3.05) is 20.1 Å². The molecule has 0 amide bonds. The van der Waals surface area contributed by atoms with Gasteiger partial charge in [0.1, 0.15) is 0 Å². The molecule has 1 aliphatic heterocycles. The molecule has 0 spiro atoms. The molecule has 0 aromatic carbocycles. The number of aryl methyl sites for hydroxylation is 1. The number of aromatic nitrogens is 3. The third-order valence-corrected chi connectivity index (χ3v) is 3.34. The van der Waals surface area contributed by atoms with E-state index in [4.69, 9.17) is 0 Å². The van der Waals surface area contributed by atoms with Gasteiger partial charge in [0.25, 0.3) is 0 Å². The van der Waals surface area contributed by atoms with Crippen molar-refractivity contribution in [3.05, 3.63) is 11.9 Å². The molecule has 70 valence electrons. The first-order valence-corrected chi connectivity index (χ1v) is 4.80. The Kier molecular flexibility index (Phi) is 1.34. The second-order valence-corrected chi connectivity index (χ2v) is 4.33. The number of likely N-dealkylation sites (tertiary alicyclic amines) is 1. The predicted molar refractivity (Wildman–Crippen MR) is 48.2 cm³/mol. The van der Waals surface area contributed by atoms with Gasteiger partial charge in [-0.3, -0.25) is 0 Å². The second-order valence-electron chi connectivity index (χ2n) is 4.33. The largest absolute Gasteiger partial charge is 0.306 e. The first kappa shape index (κ1) is 7.50. The molecule has 1 aromatic rings. The number of nitrogens with zero attached hydrogens (tertiary/aromatic N) is 4. The van der Waals surface area contributed by atoms with Gasteiger partial charge in [0, 0.05) is 26.1 Å². The molecule has 0 radical (unpaired) electrons. The Balaban J connectivity index is 1.78. The molecule has 1 saturated carbocycles. The minimum atomic E-state index is 0.713. The van der Waals surface area contributed by atoms with Gasteiger partial charge in [0.2, 0.25) is 0 Å². The molecule has 2 aliphatic rings. The van der Waals surface area contributed by atoms with Crippen LogP contribution in [-0.2, 0) is 7.05 Å². The zero-order valence-corrected chi connectivity index (χ0v) is 8.01. The minimum absolute atomic E-state index is 0.713. The van der Waals surface area contributed by atoms with Gasteiger partial charge in [0.05, 0.1) is 11.9 Å². The van der Waals surface area contributed by atoms with Gasteiger partial charge in [-0.2, -0.15) is 15.0 Å². The maximum absolute atomic E-state index is 4.37. The van der Waals surface area contributed by atoms with Crippen molar-refractivity contribution in [2.24, 2.45) is 18.9 Å². The molecule has 2 unspecified atom stereocenters. The molecular weight excluding hydrogens is 164 g/mol. The summed E-state index contributed by atoms with van der Waals surface area (Å²) in [5.74, 6) is 2.44. The summed E-state index contributed by atoms with van der Waals surface area (Å²) < 4.78 is 0. The number of piperidine rings is 1. The number of rotatable bonds is 1. The van der Waals surface area contributed by atoms with Crippen molar-refractivity contribution >= 4 is 0 Å². The van der Waals surface area contributed by atoms with Gasteiger partial charge in [-0.05, 0) is 18.9 Å². The minimum Gasteiger partial charge on any atom is -0.306 e. The van der Waals surface area contributed by atoms with Gasteiger partial charge >= 0.3 is 0 Å². The molecule has 2 atom stereocenters. The van der Waals surface area contributed by atoms with E-state index in [0.29, 0.717) is 5.92 Å². The van der Waals surface area contributed by atoms with E-state index in [1.165, 1.54) is 18.8 Å². The van der Waals surface area contributed by atoms with Crippen molar-refractivity contribution in [3.63, 3.8) is 0 Å². The zero-order chi connectivity index (χ0) is 9.00. The maximum atomic E-state index is 4.37. The van der Waals surface area contributed by atoms with E-state index in [-0.39, 0.29) is 0 Å². The molecule has 1 saturated heterocycles. The zero-order valence-electron chi connectivity index (χ0n) is 8.01. The van der Waals surface area contributed by atoms with Gasteiger partial charge < -0.3 is 4.90 Å². The van der Waals surface area contributed by atoms with E-state index in [9.17, 15) is 0 Å². The van der Waals surface area contributed by atoms with Crippen LogP contribution in [0.3, 0.4) is 0 Å². The summed E-state index contributed by atoms with van der Waals surface area (Å²) in [7, 11) is 4.08. The van der Waals surface area contributed by atoms with E-state index in [1.54, 1.807) is 4.80 Å². The summed E-state index contributed by atoms with van der Waals surface area (Å²) in [6.45, 7) is 2.48. The first-order valence-electron chi connectivity index (χ1n) is 4.80. The van der Waals surface area contributed by atoms with Crippen molar-refractivity contribution in [3.8, 4) is 0 Å². The number of hydrogen-bond donors (Lipinski definition) is 0. The quantitative estimate of drug-likeness (QED) is 0.611. The van der Waals surface area contributed by atoms with Crippen LogP contribution in [0.1, 0.15) is 11.6 Å². The van der Waals surface area contributed by atoms with E-state index in [2.05, 4.69) is 22.1 Å². The Hall–Kier alpha value is -0.900. The van der Waals surface area contributed by atoms with Crippen LogP contribution in [0.5, 0.6) is 0 Å². The van der Waals surface area contributed by atoms with Crippen molar-refractivity contribution < 1.29 is 0 Å². The summed E-state index contributed by atoms with van der Waals surface area (Å²) in [5, 5.41) is 8.48. The highest BCUT2D eigenvalue weighted by atomic mass is 15.4. The average Bonchev–Trinajstić information content (AvgIpc) is 2.50. The third kappa shape index (κ3) is 1.01. The lowest BCUT2D eigenvalue weighted by Gasteiger charge is -2.10. The van der Waals surface area contributed by atoms with Crippen LogP contribution in [0.15, 0.2) is 6.20 Å². The van der Waals surface area contributed by atoms with Crippen molar-refractivity contribution in [2.45, 2.75) is 5.92 Å². The maximum Gasteiger partial charge on any atom is 0.0864 e. The Bertz CT molecular complexity index is 320. The molecular formula is C9H14N4. The number of fused-ring (bicyclic) bond motifs is 1. The lowest BCUT2D eigenvalue weighted by Crippen LogP contribution is -2.18. The Labute approximate surface area is 77.5 Å². The summed E-state index contributed by atoms with van der Waals surface area (Å²) >= 11 is 0. The molecule has 4 nitrogen and oxygen atoms in total. The highest BCUT2D eigenvalue weighted by Gasteiger charge is 2.56. The van der Waals surface area contributed by atoms with Crippen LogP contribution >= 0.6 is 0 Å². The van der Waals surface area contributed by atoms with Gasteiger partial charge in [-0.15, -0.1) is 0 Å². The second kappa shape index (κ2) is 2.32. The van der Waals surface area contributed by atoms with E-state index < -0.39 is 0 Å². The lowest BCUT2D eigenvalue weighted by atomic mass is 10.2. The summed E-state index contributed by atoms with van der Waals surface area (Å²) in [4.78, 5) is 4.06. The molecule has 1 aliphatic carbocycles. The Morgan fingerprint density at radius 1 is 1.31 bits per heavy atom. The fourth-order valence-electron chi connectivity index (χ4n) is 2.69. The van der Waals surface area contributed by atoms with Gasteiger partial charge in [-0.1, -0.05) is 0 Å². The first-order chi connectivity index (χ1) is 6.25. The smallest absolute Gasteiger partial charge is 0.0864 e. The molecule has 4 heteroatoms.